The molecule has 5 aromatic heterocycles. The van der Waals surface area contributed by atoms with Gasteiger partial charge in [-0.25, -0.2) is 14.4 Å². The smallest absolute Gasteiger partial charge is 0.155 e. The van der Waals surface area contributed by atoms with Crippen molar-refractivity contribution >= 4 is 22.1 Å². The van der Waals surface area contributed by atoms with E-state index in [2.05, 4.69) is 47.2 Å². The Hall–Kier alpha value is -4.63. The molecule has 1 aliphatic heterocycles. The van der Waals surface area contributed by atoms with E-state index in [0.717, 1.165) is 58.5 Å². The molecule has 0 unspecified atom stereocenters. The van der Waals surface area contributed by atoms with Crippen LogP contribution in [-0.2, 0) is 6.54 Å². The van der Waals surface area contributed by atoms with Crippen LogP contribution in [-0.4, -0.2) is 55.2 Å². The maximum atomic E-state index is 14.3. The Morgan fingerprint density at radius 1 is 0.875 bits per heavy atom. The van der Waals surface area contributed by atoms with Gasteiger partial charge in [0.25, 0.3) is 0 Å². The quantitative estimate of drug-likeness (QED) is 0.259. The Morgan fingerprint density at radius 3 is 2.62 bits per heavy atom. The number of methoxy groups -OCH3 is 1. The van der Waals surface area contributed by atoms with Crippen LogP contribution in [0.5, 0.6) is 5.75 Å². The lowest BCUT2D eigenvalue weighted by Crippen LogP contribution is -2.29. The predicted octanol–water partition coefficient (Wildman–Crippen LogP) is 6.36. The molecule has 0 saturated carbocycles. The molecule has 0 amide bonds. The van der Waals surface area contributed by atoms with Crippen molar-refractivity contribution in [2.75, 3.05) is 20.2 Å². The van der Waals surface area contributed by atoms with Crippen LogP contribution < -0.4 is 4.74 Å². The topological polar surface area (TPSA) is 95.6 Å². The lowest BCUT2D eigenvalue weighted by molar-refractivity contribution is 0.220. The van der Waals surface area contributed by atoms with Crippen LogP contribution in [0.15, 0.2) is 67.3 Å². The number of ether oxygens (including phenoxy) is 1. The third-order valence-corrected chi connectivity index (χ3v) is 7.60. The number of likely N-dealkylation sites (tertiary alicyclic amines) is 1. The number of hydrogen-bond donors (Lipinski definition) is 2. The Morgan fingerprint density at radius 2 is 1.75 bits per heavy atom. The Kier molecular flexibility index (Phi) is 6.20. The molecule has 6 heterocycles. The van der Waals surface area contributed by atoms with Crippen molar-refractivity contribution in [1.82, 2.24) is 35.0 Å². The van der Waals surface area contributed by atoms with Crippen LogP contribution in [0, 0.1) is 5.82 Å². The fourth-order valence-corrected chi connectivity index (χ4v) is 5.62. The van der Waals surface area contributed by atoms with Gasteiger partial charge >= 0.3 is 0 Å². The maximum Gasteiger partial charge on any atom is 0.155 e. The fraction of sp³-hybridized carbons (Fsp3) is 0.226. The highest BCUT2D eigenvalue weighted by Gasteiger charge is 2.17. The number of fused-ring (bicyclic) bond motifs is 2. The second-order valence-corrected chi connectivity index (χ2v) is 10.3. The number of nitrogens with zero attached hydrogens (tertiary/aromatic N) is 5. The van der Waals surface area contributed by atoms with E-state index >= 15 is 0 Å². The molecular formula is C31H28FN7O. The number of rotatable bonds is 6. The zero-order valence-electron chi connectivity index (χ0n) is 22.1. The molecule has 0 radical (unpaired) electrons. The molecule has 0 spiro atoms. The summed E-state index contributed by atoms with van der Waals surface area (Å²) in [6.07, 6.45) is 11.2. The van der Waals surface area contributed by atoms with E-state index < -0.39 is 0 Å². The second-order valence-electron chi connectivity index (χ2n) is 10.3. The van der Waals surface area contributed by atoms with Gasteiger partial charge in [-0.15, -0.1) is 0 Å². The number of H-pyrrole nitrogens is 2. The normalized spacial score (nSPS) is 14.2. The van der Waals surface area contributed by atoms with Crippen LogP contribution in [0.25, 0.3) is 55.7 Å². The zero-order chi connectivity index (χ0) is 27.1. The van der Waals surface area contributed by atoms with E-state index in [1.807, 2.05) is 36.8 Å². The van der Waals surface area contributed by atoms with Gasteiger partial charge in [0.2, 0.25) is 0 Å². The molecule has 1 aromatic carbocycles. The Balaban J connectivity index is 1.26. The zero-order valence-corrected chi connectivity index (χ0v) is 22.1. The number of piperidine rings is 1. The van der Waals surface area contributed by atoms with E-state index in [0.29, 0.717) is 22.6 Å². The van der Waals surface area contributed by atoms with Gasteiger partial charge in [0.05, 0.1) is 12.8 Å². The highest BCUT2D eigenvalue weighted by atomic mass is 19.1. The van der Waals surface area contributed by atoms with E-state index in [4.69, 9.17) is 4.74 Å². The summed E-state index contributed by atoms with van der Waals surface area (Å²) in [6.45, 7) is 3.20. The standard InChI is InChI=1S/C31H28FN7O/c1-40-24-11-20(10-23(32)13-24)25-5-6-34-30-26(25)14-28(36-30)29-27-12-22(17-35-31(27)38-37-29)21-9-19(15-33-16-21)18-39-7-3-2-4-8-39/h5-6,9-17H,2-4,7-8,18H2,1H3,(H,34,36)(H,35,37,38). The van der Waals surface area contributed by atoms with E-state index in [-0.39, 0.29) is 5.82 Å². The molecule has 200 valence electrons. The summed E-state index contributed by atoms with van der Waals surface area (Å²) in [7, 11) is 1.53. The molecule has 8 nitrogen and oxygen atoms in total. The third-order valence-electron chi connectivity index (χ3n) is 7.60. The van der Waals surface area contributed by atoms with Gasteiger partial charge in [0, 0.05) is 59.3 Å². The second kappa shape index (κ2) is 10.2. The van der Waals surface area contributed by atoms with Gasteiger partial charge in [0.15, 0.2) is 5.65 Å². The molecule has 1 aliphatic rings. The van der Waals surface area contributed by atoms with Crippen molar-refractivity contribution in [1.29, 1.82) is 0 Å². The SMILES string of the molecule is COc1cc(F)cc(-c2ccnc3[nH]c(-c4n[nH]c5ncc(-c6cncc(CN7CCCCC7)c6)cc45)cc23)c1. The number of benzene rings is 1. The van der Waals surface area contributed by atoms with Crippen LogP contribution in [0.3, 0.4) is 0 Å². The van der Waals surface area contributed by atoms with Gasteiger partial charge in [-0.05, 0) is 79.0 Å². The molecule has 0 atom stereocenters. The number of aromatic amines is 2. The summed E-state index contributed by atoms with van der Waals surface area (Å²) in [5.41, 5.74) is 7.67. The van der Waals surface area contributed by atoms with Crippen molar-refractivity contribution in [3.63, 3.8) is 0 Å². The summed E-state index contributed by atoms with van der Waals surface area (Å²) >= 11 is 0. The van der Waals surface area contributed by atoms with Crippen LogP contribution in [0.1, 0.15) is 24.8 Å². The fourth-order valence-electron chi connectivity index (χ4n) is 5.62. The van der Waals surface area contributed by atoms with Crippen molar-refractivity contribution in [2.45, 2.75) is 25.8 Å². The minimum absolute atomic E-state index is 0.360. The number of nitrogens with one attached hydrogen (secondary N) is 2. The Bertz CT molecular complexity index is 1840. The first-order chi connectivity index (χ1) is 19.6. The number of aromatic nitrogens is 6. The average Bonchev–Trinajstić information content (AvgIpc) is 3.61. The van der Waals surface area contributed by atoms with Crippen molar-refractivity contribution in [3.05, 3.63) is 78.6 Å². The summed E-state index contributed by atoms with van der Waals surface area (Å²) < 4.78 is 19.6. The molecule has 6 aromatic rings. The van der Waals surface area contributed by atoms with Gasteiger partial charge in [-0.2, -0.15) is 5.10 Å². The maximum absolute atomic E-state index is 14.3. The van der Waals surface area contributed by atoms with Crippen LogP contribution in [0.2, 0.25) is 0 Å². The molecule has 2 N–H and O–H groups in total. The molecule has 40 heavy (non-hydrogen) atoms. The van der Waals surface area contributed by atoms with Gasteiger partial charge in [-0.3, -0.25) is 15.0 Å². The monoisotopic (exact) mass is 533 g/mol. The first kappa shape index (κ1) is 24.4. The van der Waals surface area contributed by atoms with Crippen molar-refractivity contribution in [2.24, 2.45) is 0 Å². The molecule has 7 rings (SSSR count). The van der Waals surface area contributed by atoms with Crippen LogP contribution in [0.4, 0.5) is 4.39 Å². The summed E-state index contributed by atoms with van der Waals surface area (Å²) in [5.74, 6) is 0.101. The minimum Gasteiger partial charge on any atom is -0.497 e. The van der Waals surface area contributed by atoms with E-state index in [9.17, 15) is 4.39 Å². The van der Waals surface area contributed by atoms with E-state index in [1.54, 1.807) is 6.20 Å². The molecule has 1 fully saturated rings. The summed E-state index contributed by atoms with van der Waals surface area (Å²) in [5, 5.41) is 9.39. The molecule has 1 saturated heterocycles. The molecule has 9 heteroatoms. The highest BCUT2D eigenvalue weighted by molar-refractivity contribution is 5.99. The Labute approximate surface area is 230 Å². The highest BCUT2D eigenvalue weighted by Crippen LogP contribution is 2.35. The molecular weight excluding hydrogens is 505 g/mol. The number of pyridine rings is 3. The summed E-state index contributed by atoms with van der Waals surface area (Å²) in [4.78, 5) is 19.6. The lowest BCUT2D eigenvalue weighted by atomic mass is 10.0. The van der Waals surface area contributed by atoms with Crippen LogP contribution >= 0.6 is 0 Å². The van der Waals surface area contributed by atoms with Crippen molar-refractivity contribution in [3.8, 4) is 39.4 Å². The predicted molar refractivity (Wildman–Crippen MR) is 153 cm³/mol. The lowest BCUT2D eigenvalue weighted by Gasteiger charge is -2.26. The van der Waals surface area contributed by atoms with Crippen molar-refractivity contribution < 1.29 is 9.13 Å². The molecule has 0 bridgehead atoms. The third kappa shape index (κ3) is 4.58. The van der Waals surface area contributed by atoms with Gasteiger partial charge in [-0.1, -0.05) is 6.42 Å². The number of hydrogen-bond acceptors (Lipinski definition) is 6. The summed E-state index contributed by atoms with van der Waals surface area (Å²) in [6, 6.07) is 12.9. The largest absolute Gasteiger partial charge is 0.497 e. The minimum atomic E-state index is -0.360. The van der Waals surface area contributed by atoms with Gasteiger partial charge < -0.3 is 9.72 Å². The first-order valence-corrected chi connectivity index (χ1v) is 13.5. The van der Waals surface area contributed by atoms with E-state index in [1.165, 1.54) is 44.1 Å². The first-order valence-electron chi connectivity index (χ1n) is 13.5. The molecule has 0 aliphatic carbocycles. The number of halogens is 1. The van der Waals surface area contributed by atoms with Gasteiger partial charge in [0.1, 0.15) is 22.9 Å². The average molecular weight is 534 g/mol.